The quantitative estimate of drug-likeness (QED) is 0.187. The topological polar surface area (TPSA) is 93.5 Å². The van der Waals surface area contributed by atoms with Crippen LogP contribution in [-0.2, 0) is 0 Å². The molecule has 0 spiro atoms. The van der Waals surface area contributed by atoms with E-state index in [0.717, 1.165) is 17.7 Å². The predicted molar refractivity (Wildman–Crippen MR) is 131 cm³/mol. The van der Waals surface area contributed by atoms with Crippen LogP contribution in [0.5, 0.6) is 5.75 Å². The molecule has 0 bridgehead atoms. The Morgan fingerprint density at radius 1 is 0.879 bits per heavy atom. The SMILES string of the molecule is CCCCCCCCCCCCOc1ccc(C2NC(=O)c3ccc([N+](=O)[O-])cc3N2)cc1. The van der Waals surface area contributed by atoms with Gasteiger partial charge >= 0.3 is 0 Å². The molecule has 7 nitrogen and oxygen atoms in total. The molecule has 0 aromatic heterocycles. The van der Waals surface area contributed by atoms with E-state index in [9.17, 15) is 14.9 Å². The van der Waals surface area contributed by atoms with Gasteiger partial charge in [-0.3, -0.25) is 14.9 Å². The van der Waals surface area contributed by atoms with Gasteiger partial charge in [0.25, 0.3) is 11.6 Å². The largest absolute Gasteiger partial charge is 0.494 e. The number of benzene rings is 2. The number of nitrogens with one attached hydrogen (secondary N) is 2. The lowest BCUT2D eigenvalue weighted by Gasteiger charge is -2.28. The second-order valence-electron chi connectivity index (χ2n) is 8.64. The minimum absolute atomic E-state index is 0.0505. The molecule has 0 saturated heterocycles. The summed E-state index contributed by atoms with van der Waals surface area (Å²) < 4.78 is 5.86. The molecular weight excluding hydrogens is 418 g/mol. The first-order valence-electron chi connectivity index (χ1n) is 12.2. The predicted octanol–water partition coefficient (Wildman–Crippen LogP) is 6.75. The van der Waals surface area contributed by atoms with Crippen LogP contribution in [0.25, 0.3) is 0 Å². The summed E-state index contributed by atoms with van der Waals surface area (Å²) in [6.07, 6.45) is 12.5. The number of nitro benzene ring substituents is 1. The first kappa shape index (κ1) is 24.6. The third kappa shape index (κ3) is 7.48. The molecule has 0 aliphatic carbocycles. The van der Waals surface area contributed by atoms with Crippen molar-refractivity contribution in [2.45, 2.75) is 77.3 Å². The van der Waals surface area contributed by atoms with Crippen LogP contribution in [-0.4, -0.2) is 17.4 Å². The number of carbonyl (C=O) groups excluding carboxylic acids is 1. The van der Waals surface area contributed by atoms with Crippen LogP contribution in [0.2, 0.25) is 0 Å². The maximum absolute atomic E-state index is 12.4. The van der Waals surface area contributed by atoms with Crippen LogP contribution in [0.15, 0.2) is 42.5 Å². The number of nitrogens with zero attached hydrogens (tertiary/aromatic N) is 1. The minimum atomic E-state index is -0.468. The average molecular weight is 454 g/mol. The van der Waals surface area contributed by atoms with Gasteiger partial charge in [-0.15, -0.1) is 0 Å². The van der Waals surface area contributed by atoms with Crippen molar-refractivity contribution in [2.75, 3.05) is 11.9 Å². The maximum atomic E-state index is 12.4. The van der Waals surface area contributed by atoms with Gasteiger partial charge in [0.1, 0.15) is 11.9 Å². The van der Waals surface area contributed by atoms with E-state index in [1.54, 1.807) is 0 Å². The standard InChI is InChI=1S/C26H35N3O4/c1-2-3-4-5-6-7-8-9-10-11-18-33-22-15-12-20(13-16-22)25-27-24-19-21(29(31)32)14-17-23(24)26(30)28-25/h12-17,19,25,27H,2-11,18H2,1H3,(H,28,30). The van der Waals surface area contributed by atoms with Crippen LogP contribution < -0.4 is 15.4 Å². The minimum Gasteiger partial charge on any atom is -0.494 e. The van der Waals surface area contributed by atoms with Crippen LogP contribution in [0.4, 0.5) is 11.4 Å². The molecule has 1 unspecified atom stereocenters. The lowest BCUT2D eigenvalue weighted by atomic mass is 10.0. The number of hydrogen-bond donors (Lipinski definition) is 2. The van der Waals surface area contributed by atoms with E-state index in [0.29, 0.717) is 17.9 Å². The number of ether oxygens (including phenoxy) is 1. The van der Waals surface area contributed by atoms with Gasteiger partial charge < -0.3 is 15.4 Å². The highest BCUT2D eigenvalue weighted by molar-refractivity contribution is 6.02. The number of nitro groups is 1. The van der Waals surface area contributed by atoms with Crippen molar-refractivity contribution in [1.82, 2.24) is 5.32 Å². The van der Waals surface area contributed by atoms with Crippen molar-refractivity contribution in [3.05, 3.63) is 63.7 Å². The molecule has 2 aromatic carbocycles. The number of carbonyl (C=O) groups is 1. The van der Waals surface area contributed by atoms with Crippen LogP contribution in [0.1, 0.15) is 93.2 Å². The number of anilines is 1. The van der Waals surface area contributed by atoms with Crippen molar-refractivity contribution in [3.8, 4) is 5.75 Å². The summed E-state index contributed by atoms with van der Waals surface area (Å²) in [5, 5.41) is 17.1. The Kier molecular flexibility index (Phi) is 9.54. The zero-order valence-electron chi connectivity index (χ0n) is 19.5. The molecule has 0 saturated carbocycles. The number of hydrogen-bond acceptors (Lipinski definition) is 5. The van der Waals surface area contributed by atoms with E-state index < -0.39 is 11.1 Å². The van der Waals surface area contributed by atoms with Crippen LogP contribution in [0, 0.1) is 10.1 Å². The molecule has 1 amide bonds. The first-order valence-corrected chi connectivity index (χ1v) is 12.2. The molecule has 1 aliphatic rings. The molecule has 1 aliphatic heterocycles. The van der Waals surface area contributed by atoms with Gasteiger partial charge in [0.15, 0.2) is 0 Å². The third-order valence-electron chi connectivity index (χ3n) is 6.01. The number of fused-ring (bicyclic) bond motifs is 1. The molecule has 1 heterocycles. The molecule has 0 fully saturated rings. The lowest BCUT2D eigenvalue weighted by Crippen LogP contribution is -2.38. The Balaban J connectivity index is 1.39. The van der Waals surface area contributed by atoms with Gasteiger partial charge in [-0.05, 0) is 30.2 Å². The Labute approximate surface area is 196 Å². The summed E-state index contributed by atoms with van der Waals surface area (Å²) in [4.78, 5) is 23.0. The molecule has 3 rings (SSSR count). The van der Waals surface area contributed by atoms with Crippen molar-refractivity contribution in [1.29, 1.82) is 0 Å². The molecular formula is C26H35N3O4. The second kappa shape index (κ2) is 12.8. The Morgan fingerprint density at radius 3 is 2.15 bits per heavy atom. The van der Waals surface area contributed by atoms with E-state index in [1.807, 2.05) is 24.3 Å². The van der Waals surface area contributed by atoms with E-state index in [2.05, 4.69) is 17.6 Å². The molecule has 2 N–H and O–H groups in total. The highest BCUT2D eigenvalue weighted by atomic mass is 16.6. The monoisotopic (exact) mass is 453 g/mol. The highest BCUT2D eigenvalue weighted by Gasteiger charge is 2.26. The zero-order valence-corrected chi connectivity index (χ0v) is 19.5. The van der Waals surface area contributed by atoms with Gasteiger partial charge in [0, 0.05) is 12.1 Å². The maximum Gasteiger partial charge on any atom is 0.271 e. The van der Waals surface area contributed by atoms with E-state index in [1.165, 1.54) is 76.0 Å². The average Bonchev–Trinajstić information content (AvgIpc) is 2.82. The van der Waals surface area contributed by atoms with Crippen molar-refractivity contribution < 1.29 is 14.5 Å². The Morgan fingerprint density at radius 2 is 1.52 bits per heavy atom. The summed E-state index contributed by atoms with van der Waals surface area (Å²) in [5.74, 6) is 0.540. The summed E-state index contributed by atoms with van der Waals surface area (Å²) in [6, 6.07) is 11.8. The molecule has 178 valence electrons. The molecule has 0 radical (unpaired) electrons. The third-order valence-corrected chi connectivity index (χ3v) is 6.01. The lowest BCUT2D eigenvalue weighted by molar-refractivity contribution is -0.384. The van der Waals surface area contributed by atoms with E-state index in [-0.39, 0.29) is 11.6 Å². The van der Waals surface area contributed by atoms with E-state index in [4.69, 9.17) is 4.74 Å². The molecule has 7 heteroatoms. The normalized spacial score (nSPS) is 14.8. The summed E-state index contributed by atoms with van der Waals surface area (Å²) in [5.41, 5.74) is 1.66. The number of rotatable bonds is 14. The van der Waals surface area contributed by atoms with Gasteiger partial charge in [0.2, 0.25) is 0 Å². The Bertz CT molecular complexity index is 914. The van der Waals surface area contributed by atoms with Gasteiger partial charge in [-0.1, -0.05) is 76.8 Å². The molecule has 2 aromatic rings. The molecule has 33 heavy (non-hydrogen) atoms. The smallest absolute Gasteiger partial charge is 0.271 e. The summed E-state index contributed by atoms with van der Waals surface area (Å²) in [7, 11) is 0. The van der Waals surface area contributed by atoms with Gasteiger partial charge in [0.05, 0.1) is 22.8 Å². The van der Waals surface area contributed by atoms with Crippen LogP contribution in [0.3, 0.4) is 0 Å². The van der Waals surface area contributed by atoms with Crippen molar-refractivity contribution in [2.24, 2.45) is 0 Å². The van der Waals surface area contributed by atoms with Crippen LogP contribution >= 0.6 is 0 Å². The summed E-state index contributed by atoms with van der Waals surface area (Å²) in [6.45, 7) is 2.95. The Hall–Kier alpha value is -3.09. The number of unbranched alkanes of at least 4 members (excludes halogenated alkanes) is 9. The zero-order chi connectivity index (χ0) is 23.5. The van der Waals surface area contributed by atoms with Gasteiger partial charge in [-0.2, -0.15) is 0 Å². The second-order valence-corrected chi connectivity index (χ2v) is 8.64. The van der Waals surface area contributed by atoms with E-state index >= 15 is 0 Å². The summed E-state index contributed by atoms with van der Waals surface area (Å²) >= 11 is 0. The van der Waals surface area contributed by atoms with Gasteiger partial charge in [-0.25, -0.2) is 0 Å². The fourth-order valence-electron chi connectivity index (χ4n) is 4.07. The molecule has 1 atom stereocenters. The fourth-order valence-corrected chi connectivity index (χ4v) is 4.07. The van der Waals surface area contributed by atoms with Crippen molar-refractivity contribution in [3.63, 3.8) is 0 Å². The number of amides is 1. The number of non-ortho nitro benzene ring substituents is 1. The first-order chi connectivity index (χ1) is 16.1. The van der Waals surface area contributed by atoms with Crippen molar-refractivity contribution >= 4 is 17.3 Å². The fraction of sp³-hybridized carbons (Fsp3) is 0.500. The highest BCUT2D eigenvalue weighted by Crippen LogP contribution is 2.30.